The monoisotopic (exact) mass is 450 g/mol. The Morgan fingerprint density at radius 2 is 2.16 bits per heavy atom. The molecule has 0 spiro atoms. The molecule has 1 aliphatic rings. The number of hydrogen-bond donors (Lipinski definition) is 1. The Kier molecular flexibility index (Phi) is 5.61. The molecule has 3 heterocycles. The van der Waals surface area contributed by atoms with Crippen LogP contribution in [0.3, 0.4) is 0 Å². The lowest BCUT2D eigenvalue weighted by atomic mass is 10.1. The molecule has 1 aliphatic carbocycles. The first kappa shape index (κ1) is 20.6. The van der Waals surface area contributed by atoms with Crippen LogP contribution in [-0.4, -0.2) is 37.4 Å². The van der Waals surface area contributed by atoms with Crippen LogP contribution in [0.2, 0.25) is 5.02 Å². The number of hydrogen-bond acceptors (Lipinski definition) is 6. The molecule has 2 atom stereocenters. The molecule has 0 unspecified atom stereocenters. The maximum Gasteiger partial charge on any atom is 0.228 e. The number of pyridine rings is 1. The highest BCUT2D eigenvalue weighted by atomic mass is 35.5. The number of halogens is 1. The molecule has 0 aliphatic heterocycles. The van der Waals surface area contributed by atoms with Crippen molar-refractivity contribution >= 4 is 28.6 Å². The molecular formula is C23H23ClN6O2. The van der Waals surface area contributed by atoms with Crippen LogP contribution in [0.5, 0.6) is 0 Å². The Morgan fingerprint density at radius 1 is 1.25 bits per heavy atom. The number of carbonyl (C=O) groups excluding carboxylic acids is 1. The largest absolute Gasteiger partial charge is 0.436 e. The molecule has 8 nitrogen and oxygen atoms in total. The van der Waals surface area contributed by atoms with Gasteiger partial charge in [0.25, 0.3) is 0 Å². The molecule has 1 aromatic carbocycles. The predicted molar refractivity (Wildman–Crippen MR) is 121 cm³/mol. The van der Waals surface area contributed by atoms with Crippen LogP contribution in [-0.2, 0) is 4.79 Å². The summed E-state index contributed by atoms with van der Waals surface area (Å²) in [6.45, 7) is 2.59. The van der Waals surface area contributed by atoms with E-state index >= 15 is 0 Å². The number of nitrogens with one attached hydrogen (secondary N) is 1. The number of rotatable bonds is 6. The van der Waals surface area contributed by atoms with Crippen molar-refractivity contribution in [3.8, 4) is 22.8 Å². The van der Waals surface area contributed by atoms with Crippen LogP contribution in [0.4, 0.5) is 0 Å². The molecule has 1 N–H and O–H groups in total. The summed E-state index contributed by atoms with van der Waals surface area (Å²) in [5.74, 6) is 1.05. The lowest BCUT2D eigenvalue weighted by Crippen LogP contribution is -2.27. The first-order valence-electron chi connectivity index (χ1n) is 10.8. The molecule has 164 valence electrons. The van der Waals surface area contributed by atoms with Gasteiger partial charge in [-0.1, -0.05) is 23.7 Å². The molecule has 5 rings (SSSR count). The second-order valence-electron chi connectivity index (χ2n) is 8.12. The van der Waals surface area contributed by atoms with Crippen LogP contribution in [0, 0.1) is 5.92 Å². The number of amides is 1. The minimum atomic E-state index is 0.0984. The highest BCUT2D eigenvalue weighted by Crippen LogP contribution is 2.36. The number of carbonyl (C=O) groups is 1. The zero-order valence-electron chi connectivity index (χ0n) is 17.7. The quantitative estimate of drug-likeness (QED) is 0.458. The summed E-state index contributed by atoms with van der Waals surface area (Å²) in [4.78, 5) is 20.7. The van der Waals surface area contributed by atoms with E-state index in [0.29, 0.717) is 28.8 Å². The summed E-state index contributed by atoms with van der Waals surface area (Å²) in [6.07, 6.45) is 7.03. The molecule has 1 fully saturated rings. The summed E-state index contributed by atoms with van der Waals surface area (Å²) in [5.41, 5.74) is 3.85. The first-order valence-corrected chi connectivity index (χ1v) is 11.2. The van der Waals surface area contributed by atoms with Crippen LogP contribution < -0.4 is 5.32 Å². The smallest absolute Gasteiger partial charge is 0.228 e. The number of benzene rings is 1. The van der Waals surface area contributed by atoms with Crippen molar-refractivity contribution in [3.63, 3.8) is 0 Å². The van der Waals surface area contributed by atoms with Gasteiger partial charge >= 0.3 is 0 Å². The van der Waals surface area contributed by atoms with Gasteiger partial charge in [-0.05, 0) is 49.4 Å². The van der Waals surface area contributed by atoms with Crippen molar-refractivity contribution in [1.29, 1.82) is 0 Å². The SMILES string of the molecule is CCC(=O)NC[C@H]1CC[C@@H](n2nncc2-c2ccc(-c3nc4ccc(Cl)cc4o3)cn2)C1. The van der Waals surface area contributed by atoms with E-state index in [2.05, 4.69) is 25.6 Å². The van der Waals surface area contributed by atoms with Gasteiger partial charge in [-0.15, -0.1) is 5.10 Å². The van der Waals surface area contributed by atoms with Gasteiger partial charge in [-0.25, -0.2) is 9.67 Å². The Hall–Kier alpha value is -3.26. The van der Waals surface area contributed by atoms with E-state index in [1.54, 1.807) is 24.5 Å². The van der Waals surface area contributed by atoms with Gasteiger partial charge in [-0.3, -0.25) is 9.78 Å². The second-order valence-corrected chi connectivity index (χ2v) is 8.55. The highest BCUT2D eigenvalue weighted by molar-refractivity contribution is 6.31. The van der Waals surface area contributed by atoms with Crippen molar-refractivity contribution in [1.82, 2.24) is 30.3 Å². The molecular weight excluding hydrogens is 428 g/mol. The molecule has 1 amide bonds. The summed E-state index contributed by atoms with van der Waals surface area (Å²) < 4.78 is 7.80. The molecule has 32 heavy (non-hydrogen) atoms. The van der Waals surface area contributed by atoms with Gasteiger partial charge in [-0.2, -0.15) is 0 Å². The van der Waals surface area contributed by atoms with Gasteiger partial charge in [0, 0.05) is 30.3 Å². The van der Waals surface area contributed by atoms with E-state index in [1.807, 2.05) is 29.8 Å². The third-order valence-electron chi connectivity index (χ3n) is 5.97. The highest BCUT2D eigenvalue weighted by Gasteiger charge is 2.28. The van der Waals surface area contributed by atoms with E-state index in [9.17, 15) is 4.79 Å². The maximum atomic E-state index is 11.5. The zero-order valence-corrected chi connectivity index (χ0v) is 18.4. The summed E-state index contributed by atoms with van der Waals surface area (Å²) in [7, 11) is 0. The topological polar surface area (TPSA) is 98.7 Å². The summed E-state index contributed by atoms with van der Waals surface area (Å²) in [6, 6.07) is 9.49. The third-order valence-corrected chi connectivity index (χ3v) is 6.20. The van der Waals surface area contributed by atoms with Crippen molar-refractivity contribution in [2.45, 2.75) is 38.6 Å². The van der Waals surface area contributed by atoms with E-state index in [-0.39, 0.29) is 11.9 Å². The lowest BCUT2D eigenvalue weighted by Gasteiger charge is -2.14. The molecule has 3 aromatic heterocycles. The fourth-order valence-electron chi connectivity index (χ4n) is 4.23. The summed E-state index contributed by atoms with van der Waals surface area (Å²) in [5, 5.41) is 12.1. The van der Waals surface area contributed by atoms with Crippen molar-refractivity contribution in [3.05, 3.63) is 47.7 Å². The van der Waals surface area contributed by atoms with E-state index < -0.39 is 0 Å². The maximum absolute atomic E-state index is 11.5. The van der Waals surface area contributed by atoms with Crippen LogP contribution >= 0.6 is 11.6 Å². The van der Waals surface area contributed by atoms with Crippen molar-refractivity contribution in [2.75, 3.05) is 6.54 Å². The number of aromatic nitrogens is 5. The first-order chi connectivity index (χ1) is 15.6. The standard InChI is InChI=1S/C23H23ClN6O2/c1-2-22(31)26-11-14-3-6-17(9-14)30-20(13-27-29-30)18-7-4-15(12-25-18)23-28-19-8-5-16(24)10-21(19)32-23/h4-5,7-8,10,12-14,17H,2-3,6,9,11H2,1H3,(H,26,31)/t14-,17+/m0/s1. The molecule has 9 heteroatoms. The van der Waals surface area contributed by atoms with Crippen LogP contribution in [0.1, 0.15) is 38.6 Å². The lowest BCUT2D eigenvalue weighted by molar-refractivity contribution is -0.120. The normalized spacial score (nSPS) is 18.3. The molecule has 1 saturated carbocycles. The van der Waals surface area contributed by atoms with Crippen LogP contribution in [0.15, 0.2) is 47.1 Å². The molecule has 4 aromatic rings. The van der Waals surface area contributed by atoms with E-state index in [0.717, 1.165) is 48.3 Å². The molecule has 0 radical (unpaired) electrons. The Morgan fingerprint density at radius 3 is 2.97 bits per heavy atom. The Labute approximate surface area is 190 Å². The number of oxazole rings is 1. The van der Waals surface area contributed by atoms with Gasteiger partial charge in [0.1, 0.15) is 11.2 Å². The Bertz CT molecular complexity index is 1250. The number of fused-ring (bicyclic) bond motifs is 1. The van der Waals surface area contributed by atoms with E-state index in [1.165, 1.54) is 0 Å². The third kappa shape index (κ3) is 4.10. The summed E-state index contributed by atoms with van der Waals surface area (Å²) >= 11 is 6.03. The van der Waals surface area contributed by atoms with Gasteiger partial charge in [0.05, 0.1) is 23.5 Å². The zero-order chi connectivity index (χ0) is 22.1. The molecule has 0 bridgehead atoms. The minimum Gasteiger partial charge on any atom is -0.436 e. The second kappa shape index (κ2) is 8.70. The average molecular weight is 451 g/mol. The number of nitrogens with zero attached hydrogens (tertiary/aromatic N) is 5. The Balaban J connectivity index is 1.32. The fraction of sp³-hybridized carbons (Fsp3) is 0.348. The van der Waals surface area contributed by atoms with Gasteiger partial charge < -0.3 is 9.73 Å². The van der Waals surface area contributed by atoms with E-state index in [4.69, 9.17) is 16.0 Å². The van der Waals surface area contributed by atoms with Gasteiger partial charge in [0.15, 0.2) is 5.58 Å². The van der Waals surface area contributed by atoms with Crippen molar-refractivity contribution in [2.24, 2.45) is 5.92 Å². The molecule has 0 saturated heterocycles. The van der Waals surface area contributed by atoms with Gasteiger partial charge in [0.2, 0.25) is 11.8 Å². The van der Waals surface area contributed by atoms with Crippen LogP contribution in [0.25, 0.3) is 33.9 Å². The predicted octanol–water partition coefficient (Wildman–Crippen LogP) is 4.67. The van der Waals surface area contributed by atoms with Crippen molar-refractivity contribution < 1.29 is 9.21 Å². The minimum absolute atomic E-state index is 0.0984. The average Bonchev–Trinajstić information content (AvgIpc) is 3.56. The fourth-order valence-corrected chi connectivity index (χ4v) is 4.39.